The molecular formula is C11H12ClN3O. The Hall–Kier alpha value is -1.73. The summed E-state index contributed by atoms with van der Waals surface area (Å²) in [7, 11) is 0. The number of halogens is 1. The van der Waals surface area contributed by atoms with Crippen molar-refractivity contribution in [3.05, 3.63) is 34.9 Å². The van der Waals surface area contributed by atoms with E-state index in [-0.39, 0.29) is 12.6 Å². The topological polar surface area (TPSA) is 64.9 Å². The number of nitrogens with zero attached hydrogens (tertiary/aromatic N) is 1. The summed E-state index contributed by atoms with van der Waals surface area (Å²) in [5.41, 5.74) is 1.10. The number of nitriles is 1. The average molecular weight is 238 g/mol. The number of rotatable bonds is 4. The lowest BCUT2D eigenvalue weighted by molar-refractivity contribution is 0.242. The number of hydrogen-bond donors (Lipinski definition) is 2. The van der Waals surface area contributed by atoms with E-state index in [1.165, 1.54) is 0 Å². The van der Waals surface area contributed by atoms with Gasteiger partial charge in [0.15, 0.2) is 0 Å². The lowest BCUT2D eigenvalue weighted by atomic mass is 10.1. The highest BCUT2D eigenvalue weighted by atomic mass is 35.5. The predicted octanol–water partition coefficient (Wildman–Crippen LogP) is 1.71. The highest BCUT2D eigenvalue weighted by Crippen LogP contribution is 2.09. The van der Waals surface area contributed by atoms with Crippen LogP contribution >= 0.6 is 11.6 Å². The van der Waals surface area contributed by atoms with Crippen LogP contribution in [0.15, 0.2) is 24.3 Å². The van der Waals surface area contributed by atoms with Crippen molar-refractivity contribution in [3.8, 4) is 6.07 Å². The van der Waals surface area contributed by atoms with Gasteiger partial charge in [0.2, 0.25) is 0 Å². The molecule has 1 aromatic rings. The van der Waals surface area contributed by atoms with Gasteiger partial charge in [-0.3, -0.25) is 0 Å². The Morgan fingerprint density at radius 3 is 2.62 bits per heavy atom. The van der Waals surface area contributed by atoms with Gasteiger partial charge in [0.05, 0.1) is 6.07 Å². The fourth-order valence-corrected chi connectivity index (χ4v) is 1.28. The molecule has 0 unspecified atom stereocenters. The molecule has 0 radical (unpaired) electrons. The first-order valence-corrected chi connectivity index (χ1v) is 5.23. The fraction of sp³-hybridized carbons (Fsp3) is 0.273. The molecule has 2 N–H and O–H groups in total. The Kier molecular flexibility index (Phi) is 5.17. The van der Waals surface area contributed by atoms with Crippen molar-refractivity contribution in [1.29, 1.82) is 5.26 Å². The van der Waals surface area contributed by atoms with E-state index >= 15 is 0 Å². The van der Waals surface area contributed by atoms with Gasteiger partial charge >= 0.3 is 6.03 Å². The van der Waals surface area contributed by atoms with Gasteiger partial charge in [0.25, 0.3) is 0 Å². The maximum absolute atomic E-state index is 11.1. The summed E-state index contributed by atoms with van der Waals surface area (Å²) < 4.78 is 0. The quantitative estimate of drug-likeness (QED) is 0.783. The van der Waals surface area contributed by atoms with E-state index in [1.54, 1.807) is 0 Å². The van der Waals surface area contributed by atoms with E-state index in [1.807, 2.05) is 30.3 Å². The van der Waals surface area contributed by atoms with Crippen molar-refractivity contribution in [3.63, 3.8) is 0 Å². The molecule has 0 saturated carbocycles. The lowest BCUT2D eigenvalue weighted by Crippen LogP contribution is -2.36. The minimum atomic E-state index is -0.324. The molecule has 0 bridgehead atoms. The first kappa shape index (κ1) is 12.3. The third-order valence-electron chi connectivity index (χ3n) is 1.94. The molecule has 0 aliphatic rings. The summed E-state index contributed by atoms with van der Waals surface area (Å²) in [6.45, 7) is 0.547. The second-order valence-corrected chi connectivity index (χ2v) is 3.58. The van der Waals surface area contributed by atoms with Crippen molar-refractivity contribution < 1.29 is 4.79 Å². The second kappa shape index (κ2) is 6.70. The Bertz CT molecular complexity index is 383. The number of urea groups is 1. The van der Waals surface area contributed by atoms with Crippen LogP contribution in [0.25, 0.3) is 0 Å². The van der Waals surface area contributed by atoms with Crippen LogP contribution in [0.1, 0.15) is 5.56 Å². The molecule has 5 heteroatoms. The van der Waals surface area contributed by atoms with Crippen LogP contribution in [0, 0.1) is 11.3 Å². The zero-order chi connectivity index (χ0) is 11.8. The predicted molar refractivity (Wildman–Crippen MR) is 62.2 cm³/mol. The van der Waals surface area contributed by atoms with E-state index in [4.69, 9.17) is 16.9 Å². The largest absolute Gasteiger partial charge is 0.338 e. The van der Waals surface area contributed by atoms with Crippen molar-refractivity contribution in [2.24, 2.45) is 0 Å². The molecule has 0 heterocycles. The molecule has 2 amide bonds. The average Bonchev–Trinajstić information content (AvgIpc) is 2.29. The van der Waals surface area contributed by atoms with Crippen LogP contribution in [0.4, 0.5) is 4.79 Å². The summed E-state index contributed by atoms with van der Waals surface area (Å²) >= 11 is 5.74. The molecule has 0 fully saturated rings. The number of nitrogens with one attached hydrogen (secondary N) is 2. The molecule has 0 aliphatic heterocycles. The Labute approximate surface area is 99.2 Å². The summed E-state index contributed by atoms with van der Waals surface area (Å²) in [5.74, 6) is 0. The van der Waals surface area contributed by atoms with Gasteiger partial charge in [0.1, 0.15) is 6.54 Å². The smallest absolute Gasteiger partial charge is 0.315 e. The van der Waals surface area contributed by atoms with E-state index in [2.05, 4.69) is 10.6 Å². The molecule has 0 atom stereocenters. The zero-order valence-corrected chi connectivity index (χ0v) is 9.42. The van der Waals surface area contributed by atoms with Gasteiger partial charge in [0, 0.05) is 11.6 Å². The molecule has 0 spiro atoms. The number of carbonyl (C=O) groups is 1. The summed E-state index contributed by atoms with van der Waals surface area (Å²) in [6.07, 6.45) is 0.733. The number of carbonyl (C=O) groups excluding carboxylic acids is 1. The molecular weight excluding hydrogens is 226 g/mol. The molecule has 16 heavy (non-hydrogen) atoms. The minimum Gasteiger partial charge on any atom is -0.338 e. The van der Waals surface area contributed by atoms with Gasteiger partial charge < -0.3 is 10.6 Å². The number of amides is 2. The van der Waals surface area contributed by atoms with Crippen LogP contribution in [0.2, 0.25) is 5.02 Å². The highest BCUT2D eigenvalue weighted by molar-refractivity contribution is 6.30. The number of benzene rings is 1. The Morgan fingerprint density at radius 1 is 1.31 bits per heavy atom. The summed E-state index contributed by atoms with van der Waals surface area (Å²) in [6, 6.07) is 8.95. The van der Waals surface area contributed by atoms with Crippen LogP contribution in [-0.4, -0.2) is 19.1 Å². The van der Waals surface area contributed by atoms with Crippen LogP contribution in [-0.2, 0) is 6.42 Å². The lowest BCUT2D eigenvalue weighted by Gasteiger charge is -2.05. The van der Waals surface area contributed by atoms with E-state index < -0.39 is 0 Å². The first-order chi connectivity index (χ1) is 7.72. The van der Waals surface area contributed by atoms with E-state index in [9.17, 15) is 4.79 Å². The molecule has 0 aromatic heterocycles. The monoisotopic (exact) mass is 237 g/mol. The number of hydrogen-bond acceptors (Lipinski definition) is 2. The molecule has 84 valence electrons. The first-order valence-electron chi connectivity index (χ1n) is 4.85. The molecule has 1 aromatic carbocycles. The molecule has 1 rings (SSSR count). The molecule has 0 aliphatic carbocycles. The maximum Gasteiger partial charge on any atom is 0.315 e. The van der Waals surface area contributed by atoms with Crippen molar-refractivity contribution in [2.45, 2.75) is 6.42 Å². The van der Waals surface area contributed by atoms with Crippen LogP contribution < -0.4 is 10.6 Å². The minimum absolute atomic E-state index is 0.0206. The van der Waals surface area contributed by atoms with Crippen LogP contribution in [0.3, 0.4) is 0 Å². The third-order valence-corrected chi connectivity index (χ3v) is 2.19. The molecule has 4 nitrogen and oxygen atoms in total. The van der Waals surface area contributed by atoms with Gasteiger partial charge in [-0.15, -0.1) is 0 Å². The van der Waals surface area contributed by atoms with E-state index in [0.29, 0.717) is 11.6 Å². The van der Waals surface area contributed by atoms with E-state index in [0.717, 1.165) is 12.0 Å². The van der Waals surface area contributed by atoms with Crippen molar-refractivity contribution in [1.82, 2.24) is 10.6 Å². The third kappa shape index (κ3) is 4.67. The Balaban J connectivity index is 2.23. The highest BCUT2D eigenvalue weighted by Gasteiger charge is 1.98. The van der Waals surface area contributed by atoms with Crippen molar-refractivity contribution in [2.75, 3.05) is 13.1 Å². The van der Waals surface area contributed by atoms with Crippen LogP contribution in [0.5, 0.6) is 0 Å². The SMILES string of the molecule is N#CCNC(=O)NCCc1ccc(Cl)cc1. The fourth-order valence-electron chi connectivity index (χ4n) is 1.15. The zero-order valence-electron chi connectivity index (χ0n) is 8.66. The Morgan fingerprint density at radius 2 is 2.00 bits per heavy atom. The van der Waals surface area contributed by atoms with Gasteiger partial charge in [-0.05, 0) is 24.1 Å². The van der Waals surface area contributed by atoms with Crippen molar-refractivity contribution >= 4 is 17.6 Å². The normalized spacial score (nSPS) is 9.25. The molecule has 0 saturated heterocycles. The van der Waals surface area contributed by atoms with Gasteiger partial charge in [-0.2, -0.15) is 5.26 Å². The van der Waals surface area contributed by atoms with Gasteiger partial charge in [-0.25, -0.2) is 4.79 Å². The van der Waals surface area contributed by atoms with Gasteiger partial charge in [-0.1, -0.05) is 23.7 Å². The second-order valence-electron chi connectivity index (χ2n) is 3.14. The summed E-state index contributed by atoms with van der Waals surface area (Å²) in [5, 5.41) is 14.0. The standard InChI is InChI=1S/C11H12ClN3O/c12-10-3-1-9(2-4-10)5-7-14-11(16)15-8-6-13/h1-4H,5,7-8H2,(H2,14,15,16). The summed E-state index contributed by atoms with van der Waals surface area (Å²) in [4.78, 5) is 11.1. The maximum atomic E-state index is 11.1.